The number of nitrogens with one attached hydrogen (secondary N) is 1. The van der Waals surface area contributed by atoms with E-state index in [1.54, 1.807) is 0 Å². The van der Waals surface area contributed by atoms with E-state index in [4.69, 9.17) is 10.5 Å². The summed E-state index contributed by atoms with van der Waals surface area (Å²) in [6, 6.07) is 17.7. The first-order chi connectivity index (χ1) is 10.6. The molecule has 3 N–H and O–H groups in total. The van der Waals surface area contributed by atoms with E-state index >= 15 is 0 Å². The molecule has 0 saturated carbocycles. The number of hydrogen-bond acceptors (Lipinski definition) is 3. The van der Waals surface area contributed by atoms with Crippen LogP contribution in [0.4, 0.5) is 5.69 Å². The fourth-order valence-corrected chi connectivity index (χ4v) is 2.29. The van der Waals surface area contributed by atoms with Crippen LogP contribution in [0.5, 0.6) is 5.75 Å². The molecule has 0 fully saturated rings. The summed E-state index contributed by atoms with van der Waals surface area (Å²) >= 11 is 0. The van der Waals surface area contributed by atoms with Gasteiger partial charge in [-0.05, 0) is 43.7 Å². The van der Waals surface area contributed by atoms with Crippen molar-refractivity contribution < 1.29 is 4.74 Å². The van der Waals surface area contributed by atoms with E-state index in [0.29, 0.717) is 0 Å². The molecule has 0 aliphatic rings. The van der Waals surface area contributed by atoms with Crippen LogP contribution < -0.4 is 10.5 Å². The van der Waals surface area contributed by atoms with Gasteiger partial charge in [0.05, 0.1) is 11.4 Å². The van der Waals surface area contributed by atoms with Crippen LogP contribution in [0.1, 0.15) is 24.3 Å². The highest BCUT2D eigenvalue weighted by atomic mass is 16.5. The van der Waals surface area contributed by atoms with Gasteiger partial charge in [-0.15, -0.1) is 0 Å². The number of aromatic nitrogens is 2. The zero-order chi connectivity index (χ0) is 15.5. The Morgan fingerprint density at radius 2 is 1.82 bits per heavy atom. The topological polar surface area (TPSA) is 63.9 Å². The third kappa shape index (κ3) is 2.96. The number of aryl methyl sites for hydroxylation is 1. The van der Waals surface area contributed by atoms with E-state index in [1.165, 1.54) is 0 Å². The summed E-state index contributed by atoms with van der Waals surface area (Å²) in [7, 11) is 0. The molecular weight excluding hydrogens is 274 g/mol. The second-order valence-corrected chi connectivity index (χ2v) is 5.36. The third-order valence-electron chi connectivity index (χ3n) is 3.64. The minimum absolute atomic E-state index is 0.101. The Kier molecular flexibility index (Phi) is 3.83. The summed E-state index contributed by atoms with van der Waals surface area (Å²) in [6.45, 7) is 4.04. The summed E-state index contributed by atoms with van der Waals surface area (Å²) in [5.41, 5.74) is 10.4. The molecule has 0 radical (unpaired) electrons. The standard InChI is InChI=1S/C18H19N3O/c1-12-5-3-4-6-18(12)22-13(2)16-11-17(21-20-16)14-7-9-15(19)10-8-14/h3-11,13H,19H2,1-2H3,(H,20,21). The molecule has 3 aromatic rings. The Labute approximate surface area is 129 Å². The molecule has 3 rings (SSSR count). The van der Waals surface area contributed by atoms with E-state index in [0.717, 1.165) is 34.0 Å². The number of benzene rings is 2. The lowest BCUT2D eigenvalue weighted by Gasteiger charge is -2.14. The summed E-state index contributed by atoms with van der Waals surface area (Å²) in [5.74, 6) is 0.888. The predicted molar refractivity (Wildman–Crippen MR) is 88.7 cm³/mol. The molecule has 2 aromatic carbocycles. The number of nitrogens with two attached hydrogens (primary N) is 1. The molecule has 1 heterocycles. The summed E-state index contributed by atoms with van der Waals surface area (Å²) < 4.78 is 6.01. The molecule has 112 valence electrons. The molecule has 0 aliphatic carbocycles. The van der Waals surface area contributed by atoms with E-state index < -0.39 is 0 Å². The fourth-order valence-electron chi connectivity index (χ4n) is 2.29. The third-order valence-corrected chi connectivity index (χ3v) is 3.64. The van der Waals surface area contributed by atoms with Gasteiger partial charge in [0.15, 0.2) is 0 Å². The Hall–Kier alpha value is -2.75. The van der Waals surface area contributed by atoms with Gasteiger partial charge in [0.25, 0.3) is 0 Å². The molecule has 0 bridgehead atoms. The first kappa shape index (κ1) is 14.2. The largest absolute Gasteiger partial charge is 0.484 e. The Balaban J connectivity index is 1.78. The zero-order valence-corrected chi connectivity index (χ0v) is 12.7. The fraction of sp³-hybridized carbons (Fsp3) is 0.167. The number of nitrogen functional groups attached to an aromatic ring is 1. The van der Waals surface area contributed by atoms with Gasteiger partial charge in [-0.25, -0.2) is 0 Å². The number of ether oxygens (including phenoxy) is 1. The molecule has 4 heteroatoms. The lowest BCUT2D eigenvalue weighted by atomic mass is 10.1. The van der Waals surface area contributed by atoms with Crippen molar-refractivity contribution in [2.45, 2.75) is 20.0 Å². The lowest BCUT2D eigenvalue weighted by molar-refractivity contribution is 0.220. The average molecular weight is 293 g/mol. The quantitative estimate of drug-likeness (QED) is 0.712. The van der Waals surface area contributed by atoms with E-state index in [1.807, 2.05) is 68.4 Å². The molecule has 0 amide bonds. The molecule has 1 aromatic heterocycles. The van der Waals surface area contributed by atoms with Crippen LogP contribution in [0.25, 0.3) is 11.3 Å². The molecule has 0 spiro atoms. The van der Waals surface area contributed by atoms with Crippen LogP contribution in [-0.4, -0.2) is 10.2 Å². The maximum atomic E-state index is 6.01. The maximum Gasteiger partial charge on any atom is 0.137 e. The summed E-state index contributed by atoms with van der Waals surface area (Å²) in [4.78, 5) is 0. The van der Waals surface area contributed by atoms with Gasteiger partial charge in [0.2, 0.25) is 0 Å². The molecule has 1 atom stereocenters. The summed E-state index contributed by atoms with van der Waals surface area (Å²) in [5, 5.41) is 7.41. The molecule has 22 heavy (non-hydrogen) atoms. The Bertz CT molecular complexity index is 762. The van der Waals surface area contributed by atoms with E-state index in [-0.39, 0.29) is 6.10 Å². The highest BCUT2D eigenvalue weighted by molar-refractivity contribution is 5.62. The number of nitrogens with zero attached hydrogens (tertiary/aromatic N) is 1. The van der Waals surface area contributed by atoms with Crippen LogP contribution >= 0.6 is 0 Å². The van der Waals surface area contributed by atoms with Gasteiger partial charge in [0, 0.05) is 11.3 Å². The van der Waals surface area contributed by atoms with Crippen LogP contribution in [-0.2, 0) is 0 Å². The van der Waals surface area contributed by atoms with Crippen molar-refractivity contribution in [3.05, 3.63) is 65.9 Å². The number of hydrogen-bond donors (Lipinski definition) is 2. The Morgan fingerprint density at radius 3 is 2.55 bits per heavy atom. The van der Waals surface area contributed by atoms with Crippen molar-refractivity contribution >= 4 is 5.69 Å². The van der Waals surface area contributed by atoms with Crippen LogP contribution in [0, 0.1) is 6.92 Å². The Morgan fingerprint density at radius 1 is 1.09 bits per heavy atom. The average Bonchev–Trinajstić information content (AvgIpc) is 3.00. The lowest BCUT2D eigenvalue weighted by Crippen LogP contribution is -2.04. The van der Waals surface area contributed by atoms with Gasteiger partial charge >= 0.3 is 0 Å². The number of anilines is 1. The summed E-state index contributed by atoms with van der Waals surface area (Å²) in [6.07, 6.45) is -0.101. The minimum Gasteiger partial charge on any atom is -0.484 e. The predicted octanol–water partition coefficient (Wildman–Crippen LogP) is 4.11. The molecule has 0 aliphatic heterocycles. The SMILES string of the molecule is Cc1ccccc1OC(C)c1cc(-c2ccc(N)cc2)n[nH]1. The second-order valence-electron chi connectivity index (χ2n) is 5.36. The monoisotopic (exact) mass is 293 g/mol. The van der Waals surface area contributed by atoms with Gasteiger partial charge in [-0.2, -0.15) is 5.10 Å². The highest BCUT2D eigenvalue weighted by Crippen LogP contribution is 2.26. The van der Waals surface area contributed by atoms with Crippen molar-refractivity contribution in [2.75, 3.05) is 5.73 Å². The second kappa shape index (κ2) is 5.93. The van der Waals surface area contributed by atoms with Crippen LogP contribution in [0.2, 0.25) is 0 Å². The van der Waals surface area contributed by atoms with Gasteiger partial charge < -0.3 is 10.5 Å². The van der Waals surface area contributed by atoms with Crippen molar-refractivity contribution in [1.82, 2.24) is 10.2 Å². The van der Waals surface area contributed by atoms with Crippen molar-refractivity contribution in [3.8, 4) is 17.0 Å². The first-order valence-electron chi connectivity index (χ1n) is 7.27. The van der Waals surface area contributed by atoms with Crippen molar-refractivity contribution in [1.29, 1.82) is 0 Å². The van der Waals surface area contributed by atoms with Crippen molar-refractivity contribution in [3.63, 3.8) is 0 Å². The number of rotatable bonds is 4. The van der Waals surface area contributed by atoms with Gasteiger partial charge in [0.1, 0.15) is 11.9 Å². The van der Waals surface area contributed by atoms with Crippen molar-refractivity contribution in [2.24, 2.45) is 0 Å². The minimum atomic E-state index is -0.101. The van der Waals surface area contributed by atoms with Gasteiger partial charge in [-0.1, -0.05) is 30.3 Å². The number of para-hydroxylation sites is 1. The molecular formula is C18H19N3O. The zero-order valence-electron chi connectivity index (χ0n) is 12.7. The van der Waals surface area contributed by atoms with E-state index in [9.17, 15) is 0 Å². The molecule has 0 saturated heterocycles. The molecule has 1 unspecified atom stereocenters. The number of aromatic amines is 1. The first-order valence-corrected chi connectivity index (χ1v) is 7.27. The van der Waals surface area contributed by atoms with Crippen LogP contribution in [0.3, 0.4) is 0 Å². The normalized spacial score (nSPS) is 12.1. The maximum absolute atomic E-state index is 6.01. The highest BCUT2D eigenvalue weighted by Gasteiger charge is 2.13. The van der Waals surface area contributed by atoms with Gasteiger partial charge in [-0.3, -0.25) is 5.10 Å². The smallest absolute Gasteiger partial charge is 0.137 e. The van der Waals surface area contributed by atoms with Crippen LogP contribution in [0.15, 0.2) is 54.6 Å². The molecule has 4 nitrogen and oxygen atoms in total. The van der Waals surface area contributed by atoms with E-state index in [2.05, 4.69) is 10.2 Å². The number of H-pyrrole nitrogens is 1.